The highest BCUT2D eigenvalue weighted by Crippen LogP contribution is 2.12. The number of aromatic nitrogens is 5. The summed E-state index contributed by atoms with van der Waals surface area (Å²) in [4.78, 5) is 1.96. The Labute approximate surface area is 96.6 Å². The van der Waals surface area contributed by atoms with Gasteiger partial charge in [-0.3, -0.25) is 0 Å². The predicted octanol–water partition coefficient (Wildman–Crippen LogP) is 0.749. The van der Waals surface area contributed by atoms with Crippen molar-refractivity contribution in [1.82, 2.24) is 25.3 Å². The van der Waals surface area contributed by atoms with E-state index >= 15 is 0 Å². The monoisotopic (exact) mass is 230 g/mol. The highest BCUT2D eigenvalue weighted by molar-refractivity contribution is 5.43. The van der Waals surface area contributed by atoms with Crippen molar-refractivity contribution in [3.8, 4) is 0 Å². The van der Waals surface area contributed by atoms with E-state index in [-0.39, 0.29) is 0 Å². The zero-order chi connectivity index (χ0) is 11.7. The molecule has 0 aliphatic carbocycles. The number of rotatable bonds is 3. The van der Waals surface area contributed by atoms with Crippen LogP contribution in [0, 0.1) is 0 Å². The average molecular weight is 230 g/mol. The molecular weight excluding hydrogens is 220 g/mol. The summed E-state index contributed by atoms with van der Waals surface area (Å²) in [7, 11) is 1.93. The minimum absolute atomic E-state index is 0.625. The summed E-state index contributed by atoms with van der Waals surface area (Å²) in [6, 6.07) is 7.47. The van der Waals surface area contributed by atoms with Gasteiger partial charge >= 0.3 is 0 Å². The molecule has 7 nitrogen and oxygen atoms in total. The standard InChI is InChI=1S/C10H10N6O/c1-15(7-8-3-2-6-17-8)10-5-4-9-11-13-14-16(9)12-10/h2-6H,7H2,1H3. The van der Waals surface area contributed by atoms with Gasteiger partial charge in [-0.25, -0.2) is 0 Å². The highest BCUT2D eigenvalue weighted by Gasteiger charge is 2.07. The summed E-state index contributed by atoms with van der Waals surface area (Å²) in [6.45, 7) is 0.646. The lowest BCUT2D eigenvalue weighted by molar-refractivity contribution is 0.506. The van der Waals surface area contributed by atoms with Crippen molar-refractivity contribution < 1.29 is 4.42 Å². The molecule has 0 amide bonds. The van der Waals surface area contributed by atoms with Gasteiger partial charge in [-0.05, 0) is 34.7 Å². The van der Waals surface area contributed by atoms with E-state index in [1.165, 1.54) is 4.63 Å². The molecular formula is C10H10N6O. The molecule has 0 fully saturated rings. The van der Waals surface area contributed by atoms with E-state index in [4.69, 9.17) is 4.42 Å². The number of furan rings is 1. The summed E-state index contributed by atoms with van der Waals surface area (Å²) < 4.78 is 6.68. The fraction of sp³-hybridized carbons (Fsp3) is 0.200. The number of nitrogens with zero attached hydrogens (tertiary/aromatic N) is 6. The number of anilines is 1. The molecule has 7 heteroatoms. The van der Waals surface area contributed by atoms with E-state index in [0.29, 0.717) is 12.2 Å². The Balaban J connectivity index is 1.87. The number of fused-ring (bicyclic) bond motifs is 1. The second kappa shape index (κ2) is 3.85. The van der Waals surface area contributed by atoms with Crippen LogP contribution >= 0.6 is 0 Å². The first-order valence-corrected chi connectivity index (χ1v) is 5.12. The summed E-state index contributed by atoms with van der Waals surface area (Å²) in [5, 5.41) is 15.4. The fourth-order valence-electron chi connectivity index (χ4n) is 1.56. The lowest BCUT2D eigenvalue weighted by atomic mass is 10.4. The number of tetrazole rings is 1. The van der Waals surface area contributed by atoms with Crippen LogP contribution in [0.5, 0.6) is 0 Å². The molecule has 0 saturated carbocycles. The van der Waals surface area contributed by atoms with Gasteiger partial charge < -0.3 is 9.32 Å². The van der Waals surface area contributed by atoms with E-state index in [9.17, 15) is 0 Å². The van der Waals surface area contributed by atoms with E-state index in [1.807, 2.05) is 36.2 Å². The van der Waals surface area contributed by atoms with Crippen molar-refractivity contribution in [2.45, 2.75) is 6.54 Å². The third-order valence-electron chi connectivity index (χ3n) is 2.42. The number of hydrogen-bond donors (Lipinski definition) is 0. The Morgan fingerprint density at radius 1 is 1.35 bits per heavy atom. The minimum Gasteiger partial charge on any atom is -0.467 e. The van der Waals surface area contributed by atoms with Crippen LogP contribution in [-0.2, 0) is 6.54 Å². The Morgan fingerprint density at radius 3 is 3.12 bits per heavy atom. The molecule has 3 heterocycles. The molecule has 0 spiro atoms. The third-order valence-corrected chi connectivity index (χ3v) is 2.42. The quantitative estimate of drug-likeness (QED) is 0.661. The van der Waals surface area contributed by atoms with E-state index in [2.05, 4.69) is 20.6 Å². The van der Waals surface area contributed by atoms with Gasteiger partial charge in [0.25, 0.3) is 0 Å². The first-order valence-electron chi connectivity index (χ1n) is 5.12. The van der Waals surface area contributed by atoms with Crippen molar-refractivity contribution in [2.24, 2.45) is 0 Å². The molecule has 0 aliphatic heterocycles. The summed E-state index contributed by atoms with van der Waals surface area (Å²) in [5.41, 5.74) is 0.625. The van der Waals surface area contributed by atoms with Gasteiger partial charge in [-0.15, -0.1) is 14.8 Å². The molecule has 3 aromatic heterocycles. The zero-order valence-corrected chi connectivity index (χ0v) is 9.19. The summed E-state index contributed by atoms with van der Waals surface area (Å²) >= 11 is 0. The van der Waals surface area contributed by atoms with Gasteiger partial charge in [0.1, 0.15) is 5.76 Å². The van der Waals surface area contributed by atoms with Gasteiger partial charge in [0.15, 0.2) is 11.5 Å². The smallest absolute Gasteiger partial charge is 0.200 e. The third kappa shape index (κ3) is 1.82. The maximum atomic E-state index is 5.28. The average Bonchev–Trinajstić information content (AvgIpc) is 2.97. The molecule has 0 aliphatic rings. The molecule has 86 valence electrons. The van der Waals surface area contributed by atoms with Crippen LogP contribution in [0.2, 0.25) is 0 Å². The summed E-state index contributed by atoms with van der Waals surface area (Å²) in [5.74, 6) is 1.66. The van der Waals surface area contributed by atoms with Crippen LogP contribution < -0.4 is 4.90 Å². The van der Waals surface area contributed by atoms with E-state index in [1.54, 1.807) is 6.26 Å². The van der Waals surface area contributed by atoms with Crippen LogP contribution in [0.4, 0.5) is 5.82 Å². The topological polar surface area (TPSA) is 72.4 Å². The Bertz CT molecular complexity index is 617. The Kier molecular flexibility index (Phi) is 2.21. The molecule has 3 rings (SSSR count). The maximum Gasteiger partial charge on any atom is 0.200 e. The van der Waals surface area contributed by atoms with Crippen molar-refractivity contribution in [3.63, 3.8) is 0 Å². The lowest BCUT2D eigenvalue weighted by Crippen LogP contribution is -2.18. The van der Waals surface area contributed by atoms with Crippen molar-refractivity contribution in [3.05, 3.63) is 36.3 Å². The zero-order valence-electron chi connectivity index (χ0n) is 9.19. The SMILES string of the molecule is CN(Cc1ccco1)c1ccc2nnnn2n1. The van der Waals surface area contributed by atoms with Crippen LogP contribution in [0.3, 0.4) is 0 Å². The van der Waals surface area contributed by atoms with Crippen LogP contribution in [-0.4, -0.2) is 32.3 Å². The fourth-order valence-corrected chi connectivity index (χ4v) is 1.56. The molecule has 0 bridgehead atoms. The van der Waals surface area contributed by atoms with Gasteiger partial charge in [0, 0.05) is 7.05 Å². The van der Waals surface area contributed by atoms with Crippen LogP contribution in [0.15, 0.2) is 34.9 Å². The molecule has 0 atom stereocenters. The molecule has 0 aromatic carbocycles. The van der Waals surface area contributed by atoms with Crippen LogP contribution in [0.25, 0.3) is 5.65 Å². The highest BCUT2D eigenvalue weighted by atomic mass is 16.3. The van der Waals surface area contributed by atoms with Gasteiger partial charge in [0.2, 0.25) is 0 Å². The molecule has 0 N–H and O–H groups in total. The summed E-state index contributed by atoms with van der Waals surface area (Å²) in [6.07, 6.45) is 1.65. The second-order valence-corrected chi connectivity index (χ2v) is 3.65. The molecule has 0 saturated heterocycles. The van der Waals surface area contributed by atoms with Gasteiger partial charge in [-0.2, -0.15) is 0 Å². The van der Waals surface area contributed by atoms with E-state index < -0.39 is 0 Å². The molecule has 3 aromatic rings. The first-order chi connectivity index (χ1) is 8.33. The van der Waals surface area contributed by atoms with E-state index in [0.717, 1.165) is 11.6 Å². The predicted molar refractivity (Wildman–Crippen MR) is 59.4 cm³/mol. The molecule has 0 radical (unpaired) electrons. The molecule has 17 heavy (non-hydrogen) atoms. The Morgan fingerprint density at radius 2 is 2.29 bits per heavy atom. The maximum absolute atomic E-state index is 5.28. The normalized spacial score (nSPS) is 10.9. The van der Waals surface area contributed by atoms with Gasteiger partial charge in [-0.1, -0.05) is 0 Å². The largest absolute Gasteiger partial charge is 0.467 e. The minimum atomic E-state index is 0.625. The Hall–Kier alpha value is -2.44. The number of hydrogen-bond acceptors (Lipinski definition) is 6. The second-order valence-electron chi connectivity index (χ2n) is 3.65. The van der Waals surface area contributed by atoms with Crippen LogP contribution in [0.1, 0.15) is 5.76 Å². The van der Waals surface area contributed by atoms with Crippen molar-refractivity contribution in [2.75, 3.05) is 11.9 Å². The van der Waals surface area contributed by atoms with Crippen molar-refractivity contribution in [1.29, 1.82) is 0 Å². The van der Waals surface area contributed by atoms with Gasteiger partial charge in [0.05, 0.1) is 12.8 Å². The molecule has 0 unspecified atom stereocenters. The lowest BCUT2D eigenvalue weighted by Gasteiger charge is -2.15. The first kappa shape index (κ1) is 9.76. The van der Waals surface area contributed by atoms with Crippen molar-refractivity contribution >= 4 is 11.5 Å².